The van der Waals surface area contributed by atoms with E-state index in [1.165, 1.54) is 0 Å². The van der Waals surface area contributed by atoms with E-state index in [2.05, 4.69) is 42.4 Å². The number of carbonyl (C=O) groups is 1. The molecule has 3 aromatic carbocycles. The highest BCUT2D eigenvalue weighted by atomic mass is 16.3. The Morgan fingerprint density at radius 2 is 1.69 bits per heavy atom. The predicted octanol–water partition coefficient (Wildman–Crippen LogP) is 5.73. The van der Waals surface area contributed by atoms with Crippen molar-refractivity contribution in [2.45, 2.75) is 38.9 Å². The molecule has 3 atom stereocenters. The van der Waals surface area contributed by atoms with Crippen LogP contribution in [0.2, 0.25) is 0 Å². The number of amides is 1. The molecular weight excluding hydrogens is 446 g/mol. The fraction of sp³-hybridized carbons (Fsp3) is 0.323. The average molecular weight is 484 g/mol. The summed E-state index contributed by atoms with van der Waals surface area (Å²) in [5.41, 5.74) is 3.62. The molecule has 0 spiro atoms. The number of para-hydroxylation sites is 1. The lowest BCUT2D eigenvalue weighted by Gasteiger charge is -2.47. The first-order valence-electron chi connectivity index (χ1n) is 12.8. The van der Waals surface area contributed by atoms with Crippen molar-refractivity contribution < 1.29 is 9.90 Å². The van der Waals surface area contributed by atoms with Gasteiger partial charge in [-0.1, -0.05) is 48.5 Å². The number of phenolic OH excluding ortho intramolecular Hbond substituents is 1. The Labute approximate surface area is 215 Å². The molecule has 0 bridgehead atoms. The molecule has 0 aliphatic carbocycles. The van der Waals surface area contributed by atoms with Crippen LogP contribution in [-0.4, -0.2) is 59.1 Å². The van der Waals surface area contributed by atoms with Gasteiger partial charge in [0.2, 0.25) is 0 Å². The lowest BCUT2D eigenvalue weighted by molar-refractivity contribution is 0.0306. The second-order valence-electron chi connectivity index (χ2n) is 9.65. The molecule has 1 amide bonds. The summed E-state index contributed by atoms with van der Waals surface area (Å²) in [6.45, 7) is 13.7. The fourth-order valence-corrected chi connectivity index (χ4v) is 5.32. The van der Waals surface area contributed by atoms with Crippen molar-refractivity contribution in [3.05, 3.63) is 108 Å². The van der Waals surface area contributed by atoms with Gasteiger partial charge in [-0.05, 0) is 68.3 Å². The van der Waals surface area contributed by atoms with Gasteiger partial charge in [0.25, 0.3) is 5.91 Å². The Bertz CT molecular complexity index is 1180. The lowest BCUT2D eigenvalue weighted by atomic mass is 9.92. The van der Waals surface area contributed by atoms with Crippen molar-refractivity contribution >= 4 is 11.6 Å². The molecule has 1 saturated heterocycles. The number of aromatic hydroxyl groups is 1. The van der Waals surface area contributed by atoms with Crippen molar-refractivity contribution in [3.63, 3.8) is 0 Å². The smallest absolute Gasteiger partial charge is 0.258 e. The minimum absolute atomic E-state index is 0.0163. The Morgan fingerprint density at radius 3 is 2.36 bits per heavy atom. The number of rotatable bonds is 8. The molecule has 1 N–H and O–H groups in total. The molecule has 4 rings (SSSR count). The lowest BCUT2D eigenvalue weighted by Crippen LogP contribution is -2.57. The summed E-state index contributed by atoms with van der Waals surface area (Å²) in [5, 5.41) is 10.3. The fourth-order valence-electron chi connectivity index (χ4n) is 5.32. The van der Waals surface area contributed by atoms with Crippen molar-refractivity contribution in [2.24, 2.45) is 0 Å². The molecule has 1 heterocycles. The number of hydrogen-bond donors (Lipinski definition) is 1. The van der Waals surface area contributed by atoms with Crippen molar-refractivity contribution in [3.8, 4) is 5.75 Å². The van der Waals surface area contributed by atoms with Crippen LogP contribution >= 0.6 is 0 Å². The summed E-state index contributed by atoms with van der Waals surface area (Å²) in [6.07, 6.45) is 1.97. The van der Waals surface area contributed by atoms with Gasteiger partial charge in [-0.3, -0.25) is 14.6 Å². The maximum absolute atomic E-state index is 13.6. The first-order valence-corrected chi connectivity index (χ1v) is 12.8. The van der Waals surface area contributed by atoms with Crippen LogP contribution in [0, 0.1) is 0 Å². The van der Waals surface area contributed by atoms with Crippen molar-refractivity contribution in [1.82, 2.24) is 9.80 Å². The minimum atomic E-state index is -0.0833. The Hall–Kier alpha value is -3.41. The number of hydrogen-bond acceptors (Lipinski definition) is 4. The topological polar surface area (TPSA) is 47.0 Å². The second kappa shape index (κ2) is 11.5. The van der Waals surface area contributed by atoms with E-state index in [4.69, 9.17) is 0 Å². The third-order valence-corrected chi connectivity index (χ3v) is 7.12. The zero-order valence-corrected chi connectivity index (χ0v) is 21.5. The quantitative estimate of drug-likeness (QED) is 0.416. The molecule has 5 heteroatoms. The Balaban J connectivity index is 1.72. The van der Waals surface area contributed by atoms with E-state index in [1.807, 2.05) is 73.7 Å². The van der Waals surface area contributed by atoms with E-state index >= 15 is 0 Å². The number of nitrogens with zero attached hydrogens (tertiary/aromatic N) is 3. The van der Waals surface area contributed by atoms with Crippen LogP contribution in [0.1, 0.15) is 48.3 Å². The largest absolute Gasteiger partial charge is 0.508 e. The molecule has 5 nitrogen and oxygen atoms in total. The SMILES string of the molecule is C=CCN1CC(C)N(C(c2cccc(O)c2)c2cccc(C(=O)N(CC)c3ccccc3)c2)CC1C. The van der Waals surface area contributed by atoms with Crippen molar-refractivity contribution in [1.29, 1.82) is 0 Å². The van der Waals surface area contributed by atoms with Crippen LogP contribution in [-0.2, 0) is 0 Å². The number of anilines is 1. The number of phenols is 1. The molecule has 3 unspecified atom stereocenters. The van der Waals surface area contributed by atoms with Crippen LogP contribution in [0.4, 0.5) is 5.69 Å². The van der Waals surface area contributed by atoms with Crippen LogP contribution < -0.4 is 4.90 Å². The van der Waals surface area contributed by atoms with E-state index in [-0.39, 0.29) is 23.7 Å². The highest BCUT2D eigenvalue weighted by Crippen LogP contribution is 2.35. The molecule has 3 aromatic rings. The molecule has 0 radical (unpaired) electrons. The zero-order valence-electron chi connectivity index (χ0n) is 21.5. The van der Waals surface area contributed by atoms with Gasteiger partial charge in [0.05, 0.1) is 6.04 Å². The number of carbonyl (C=O) groups excluding carboxylic acids is 1. The van der Waals surface area contributed by atoms with E-state index in [0.29, 0.717) is 18.2 Å². The van der Waals surface area contributed by atoms with Crippen molar-refractivity contribution in [2.75, 3.05) is 31.1 Å². The van der Waals surface area contributed by atoms with Crippen LogP contribution in [0.5, 0.6) is 5.75 Å². The summed E-state index contributed by atoms with van der Waals surface area (Å²) < 4.78 is 0. The van der Waals surface area contributed by atoms with Gasteiger partial charge in [-0.15, -0.1) is 6.58 Å². The van der Waals surface area contributed by atoms with Crippen LogP contribution in [0.25, 0.3) is 0 Å². The van der Waals surface area contributed by atoms with Gasteiger partial charge in [0, 0.05) is 49.5 Å². The summed E-state index contributed by atoms with van der Waals surface area (Å²) in [5.74, 6) is 0.231. The van der Waals surface area contributed by atoms with E-state index in [1.54, 1.807) is 11.0 Å². The summed E-state index contributed by atoms with van der Waals surface area (Å²) in [7, 11) is 0. The van der Waals surface area contributed by atoms with Crippen LogP contribution in [0.15, 0.2) is 91.5 Å². The third-order valence-electron chi connectivity index (χ3n) is 7.12. The molecule has 0 saturated carbocycles. The Morgan fingerprint density at radius 1 is 1.00 bits per heavy atom. The molecule has 188 valence electrons. The third kappa shape index (κ3) is 5.53. The summed E-state index contributed by atoms with van der Waals surface area (Å²) in [6, 6.07) is 25.8. The summed E-state index contributed by atoms with van der Waals surface area (Å²) in [4.78, 5) is 20.4. The minimum Gasteiger partial charge on any atom is -0.508 e. The normalized spacial score (nSPS) is 19.5. The molecule has 1 aliphatic rings. The predicted molar refractivity (Wildman–Crippen MR) is 148 cm³/mol. The Kier molecular flexibility index (Phi) is 8.24. The molecule has 1 aliphatic heterocycles. The zero-order chi connectivity index (χ0) is 25.7. The highest BCUT2D eigenvalue weighted by Gasteiger charge is 2.34. The van der Waals surface area contributed by atoms with E-state index in [0.717, 1.165) is 36.4 Å². The van der Waals surface area contributed by atoms with Gasteiger partial charge in [-0.25, -0.2) is 0 Å². The van der Waals surface area contributed by atoms with Gasteiger partial charge >= 0.3 is 0 Å². The van der Waals surface area contributed by atoms with Gasteiger partial charge in [-0.2, -0.15) is 0 Å². The number of piperazine rings is 1. The van der Waals surface area contributed by atoms with Crippen LogP contribution in [0.3, 0.4) is 0 Å². The monoisotopic (exact) mass is 483 g/mol. The number of benzene rings is 3. The average Bonchev–Trinajstić information content (AvgIpc) is 2.88. The molecular formula is C31H37N3O2. The van der Waals surface area contributed by atoms with E-state index < -0.39 is 0 Å². The summed E-state index contributed by atoms with van der Waals surface area (Å²) >= 11 is 0. The van der Waals surface area contributed by atoms with Gasteiger partial charge < -0.3 is 10.0 Å². The van der Waals surface area contributed by atoms with Gasteiger partial charge in [0.1, 0.15) is 5.75 Å². The first kappa shape index (κ1) is 25.7. The molecule has 1 fully saturated rings. The highest BCUT2D eigenvalue weighted by molar-refractivity contribution is 6.06. The van der Waals surface area contributed by atoms with Gasteiger partial charge in [0.15, 0.2) is 0 Å². The maximum atomic E-state index is 13.6. The first-order chi connectivity index (χ1) is 17.4. The molecule has 36 heavy (non-hydrogen) atoms. The second-order valence-corrected chi connectivity index (χ2v) is 9.65. The standard InChI is InChI=1S/C31H37N3O2/c1-5-18-32-21-24(4)34(22-23(32)3)30(26-13-11-17-29(35)20-26)25-12-10-14-27(19-25)31(36)33(6-2)28-15-8-7-9-16-28/h5,7-17,19-20,23-24,30,35H,1,6,18,21-22H2,2-4H3. The molecule has 0 aromatic heterocycles. The maximum Gasteiger partial charge on any atom is 0.258 e. The van der Waals surface area contributed by atoms with E-state index in [9.17, 15) is 9.90 Å².